The van der Waals surface area contributed by atoms with Gasteiger partial charge < -0.3 is 10.2 Å². The number of rotatable bonds is 3. The molecule has 2 atom stereocenters. The van der Waals surface area contributed by atoms with Gasteiger partial charge in [-0.2, -0.15) is 0 Å². The molecule has 130 valence electrons. The number of hydrogen-bond donors (Lipinski definition) is 1. The summed E-state index contributed by atoms with van der Waals surface area (Å²) in [6, 6.07) is 18.1. The zero-order chi connectivity index (χ0) is 18.0. The third kappa shape index (κ3) is 3.58. The van der Waals surface area contributed by atoms with Crippen LogP contribution in [-0.4, -0.2) is 22.8 Å². The summed E-state index contributed by atoms with van der Waals surface area (Å²) in [4.78, 5) is 27.8. The molecule has 2 aromatic carbocycles. The summed E-state index contributed by atoms with van der Waals surface area (Å²) in [7, 11) is 0. The number of carbonyl (C=O) groups is 2. The van der Waals surface area contributed by atoms with E-state index in [2.05, 4.69) is 5.32 Å². The predicted molar refractivity (Wildman–Crippen MR) is 97.6 cm³/mol. The maximum atomic E-state index is 13.2. The summed E-state index contributed by atoms with van der Waals surface area (Å²) in [5.74, 6) is -0.161. The Morgan fingerprint density at radius 3 is 2.04 bits per heavy atom. The van der Waals surface area contributed by atoms with Gasteiger partial charge >= 0.3 is 0 Å². The average Bonchev–Trinajstić information content (AvgIpc) is 2.58. The van der Waals surface area contributed by atoms with Gasteiger partial charge in [0.05, 0.1) is 0 Å². The first kappa shape index (κ1) is 17.2. The minimum Gasteiger partial charge on any atom is -0.339 e. The molecule has 1 aliphatic rings. The maximum Gasteiger partial charge on any atom is 0.250 e. The number of amides is 2. The zero-order valence-electron chi connectivity index (χ0n) is 14.9. The SMILES string of the molecule is CC(C)(C)C1C(=O)NC(c2ccccc2)C(=O)N1Cc1ccccc1. The predicted octanol–water partition coefficient (Wildman–Crippen LogP) is 3.30. The second-order valence-electron chi connectivity index (χ2n) is 7.57. The third-order valence-electron chi connectivity index (χ3n) is 4.53. The molecule has 1 heterocycles. The smallest absolute Gasteiger partial charge is 0.250 e. The number of piperazine rings is 1. The Kier molecular flexibility index (Phi) is 4.62. The molecule has 1 saturated heterocycles. The molecule has 0 radical (unpaired) electrons. The van der Waals surface area contributed by atoms with Crippen LogP contribution in [-0.2, 0) is 16.1 Å². The molecular formula is C21H24N2O2. The number of nitrogens with one attached hydrogen (secondary N) is 1. The standard InChI is InChI=1S/C21H24N2O2/c1-21(2,3)18-19(24)22-17(16-12-8-5-9-13-16)20(25)23(18)14-15-10-6-4-7-11-15/h4-13,17-18H,14H2,1-3H3,(H,22,24). The van der Waals surface area contributed by atoms with E-state index < -0.39 is 12.1 Å². The molecule has 0 aromatic heterocycles. The Labute approximate surface area is 148 Å². The van der Waals surface area contributed by atoms with Crippen molar-refractivity contribution in [3.63, 3.8) is 0 Å². The fraction of sp³-hybridized carbons (Fsp3) is 0.333. The van der Waals surface area contributed by atoms with E-state index in [0.717, 1.165) is 11.1 Å². The first-order valence-electron chi connectivity index (χ1n) is 8.57. The summed E-state index contributed by atoms with van der Waals surface area (Å²) in [6.07, 6.45) is 0. The van der Waals surface area contributed by atoms with E-state index in [1.807, 2.05) is 81.4 Å². The first-order chi connectivity index (χ1) is 11.9. The van der Waals surface area contributed by atoms with Gasteiger partial charge in [-0.05, 0) is 16.5 Å². The van der Waals surface area contributed by atoms with E-state index in [1.165, 1.54) is 0 Å². The molecule has 0 bridgehead atoms. The molecule has 1 fully saturated rings. The lowest BCUT2D eigenvalue weighted by Crippen LogP contribution is -2.63. The Hall–Kier alpha value is -2.62. The van der Waals surface area contributed by atoms with E-state index in [9.17, 15) is 9.59 Å². The van der Waals surface area contributed by atoms with Crippen molar-refractivity contribution in [2.75, 3.05) is 0 Å². The fourth-order valence-electron chi connectivity index (χ4n) is 3.40. The molecule has 0 saturated carbocycles. The van der Waals surface area contributed by atoms with E-state index >= 15 is 0 Å². The van der Waals surface area contributed by atoms with Crippen LogP contribution < -0.4 is 5.32 Å². The quantitative estimate of drug-likeness (QED) is 0.935. The molecule has 0 aliphatic carbocycles. The van der Waals surface area contributed by atoms with Crippen molar-refractivity contribution in [1.82, 2.24) is 10.2 Å². The number of nitrogens with zero attached hydrogens (tertiary/aromatic N) is 1. The van der Waals surface area contributed by atoms with Crippen LogP contribution in [0.25, 0.3) is 0 Å². The van der Waals surface area contributed by atoms with E-state index in [4.69, 9.17) is 0 Å². The molecule has 4 nitrogen and oxygen atoms in total. The van der Waals surface area contributed by atoms with Crippen molar-refractivity contribution in [2.45, 2.75) is 39.4 Å². The first-order valence-corrected chi connectivity index (χ1v) is 8.57. The van der Waals surface area contributed by atoms with Crippen molar-refractivity contribution in [1.29, 1.82) is 0 Å². The molecule has 3 rings (SSSR count). The number of carbonyl (C=O) groups excluding carboxylic acids is 2. The summed E-state index contributed by atoms with van der Waals surface area (Å²) >= 11 is 0. The highest BCUT2D eigenvalue weighted by Crippen LogP contribution is 2.32. The van der Waals surface area contributed by atoms with E-state index in [0.29, 0.717) is 6.54 Å². The largest absolute Gasteiger partial charge is 0.339 e. The lowest BCUT2D eigenvalue weighted by atomic mass is 9.82. The number of benzene rings is 2. The van der Waals surface area contributed by atoms with E-state index in [-0.39, 0.29) is 17.2 Å². The molecule has 1 aliphatic heterocycles. The Morgan fingerprint density at radius 2 is 1.48 bits per heavy atom. The summed E-state index contributed by atoms with van der Waals surface area (Å²) in [5, 5.41) is 2.92. The van der Waals surface area contributed by atoms with Crippen molar-refractivity contribution in [3.05, 3.63) is 71.8 Å². The molecule has 1 N–H and O–H groups in total. The second-order valence-corrected chi connectivity index (χ2v) is 7.57. The van der Waals surface area contributed by atoms with Gasteiger partial charge in [-0.15, -0.1) is 0 Å². The highest BCUT2D eigenvalue weighted by Gasteiger charge is 2.46. The topological polar surface area (TPSA) is 49.4 Å². The van der Waals surface area contributed by atoms with Crippen LogP contribution in [0.1, 0.15) is 37.9 Å². The van der Waals surface area contributed by atoms with Crippen LogP contribution in [0.3, 0.4) is 0 Å². The second kappa shape index (κ2) is 6.71. The lowest BCUT2D eigenvalue weighted by molar-refractivity contribution is -0.154. The van der Waals surface area contributed by atoms with Crippen LogP contribution in [0.5, 0.6) is 0 Å². The zero-order valence-corrected chi connectivity index (χ0v) is 14.9. The highest BCUT2D eigenvalue weighted by molar-refractivity contribution is 5.98. The van der Waals surface area contributed by atoms with Crippen molar-refractivity contribution < 1.29 is 9.59 Å². The van der Waals surface area contributed by atoms with Gasteiger partial charge in [-0.25, -0.2) is 0 Å². The van der Waals surface area contributed by atoms with Gasteiger partial charge in [0.15, 0.2) is 0 Å². The fourth-order valence-corrected chi connectivity index (χ4v) is 3.40. The lowest BCUT2D eigenvalue weighted by Gasteiger charge is -2.44. The molecule has 2 unspecified atom stereocenters. The summed E-state index contributed by atoms with van der Waals surface area (Å²) in [5.41, 5.74) is 1.48. The summed E-state index contributed by atoms with van der Waals surface area (Å²) < 4.78 is 0. The minimum atomic E-state index is -0.629. The average molecular weight is 336 g/mol. The van der Waals surface area contributed by atoms with Crippen LogP contribution >= 0.6 is 0 Å². The Morgan fingerprint density at radius 1 is 0.920 bits per heavy atom. The van der Waals surface area contributed by atoms with Gasteiger partial charge in [-0.1, -0.05) is 81.4 Å². The van der Waals surface area contributed by atoms with Crippen LogP contribution in [0.15, 0.2) is 60.7 Å². The van der Waals surface area contributed by atoms with Crippen LogP contribution in [0.2, 0.25) is 0 Å². The van der Waals surface area contributed by atoms with Gasteiger partial charge in [-0.3, -0.25) is 9.59 Å². The Bertz CT molecular complexity index is 750. The van der Waals surface area contributed by atoms with Gasteiger partial charge in [0.1, 0.15) is 12.1 Å². The Balaban J connectivity index is 1.97. The van der Waals surface area contributed by atoms with Crippen LogP contribution in [0, 0.1) is 5.41 Å². The van der Waals surface area contributed by atoms with Crippen LogP contribution in [0.4, 0.5) is 0 Å². The molecule has 25 heavy (non-hydrogen) atoms. The van der Waals surface area contributed by atoms with Crippen molar-refractivity contribution >= 4 is 11.8 Å². The maximum absolute atomic E-state index is 13.2. The van der Waals surface area contributed by atoms with Gasteiger partial charge in [0, 0.05) is 6.54 Å². The molecule has 4 heteroatoms. The third-order valence-corrected chi connectivity index (χ3v) is 4.53. The molecule has 0 spiro atoms. The number of hydrogen-bond acceptors (Lipinski definition) is 2. The van der Waals surface area contributed by atoms with Gasteiger partial charge in [0.2, 0.25) is 5.91 Å². The monoisotopic (exact) mass is 336 g/mol. The minimum absolute atomic E-state index is 0.0606. The van der Waals surface area contributed by atoms with Crippen molar-refractivity contribution in [3.8, 4) is 0 Å². The molecular weight excluding hydrogens is 312 g/mol. The highest BCUT2D eigenvalue weighted by atomic mass is 16.2. The van der Waals surface area contributed by atoms with E-state index in [1.54, 1.807) is 4.90 Å². The normalized spacial score (nSPS) is 21.2. The van der Waals surface area contributed by atoms with Crippen molar-refractivity contribution in [2.24, 2.45) is 5.41 Å². The van der Waals surface area contributed by atoms with Gasteiger partial charge in [0.25, 0.3) is 5.91 Å². The molecule has 2 amide bonds. The summed E-state index contributed by atoms with van der Waals surface area (Å²) in [6.45, 7) is 6.40. The molecule has 2 aromatic rings.